The molecular weight excluding hydrogens is 198 g/mol. The summed E-state index contributed by atoms with van der Waals surface area (Å²) in [5.41, 5.74) is -0.291. The molecule has 0 aliphatic carbocycles. The maximum Gasteiger partial charge on any atom is 0.407 e. The smallest absolute Gasteiger partial charge is 0.407 e. The van der Waals surface area contributed by atoms with Gasteiger partial charge in [-0.1, -0.05) is 0 Å². The highest BCUT2D eigenvalue weighted by Gasteiger charge is 2.16. The van der Waals surface area contributed by atoms with Gasteiger partial charge in [-0.2, -0.15) is 0 Å². The Morgan fingerprint density at radius 2 is 1.87 bits per heavy atom. The van der Waals surface area contributed by atoms with Gasteiger partial charge in [0.25, 0.3) is 0 Å². The molecule has 0 aliphatic rings. The number of ether oxygens (including phenoxy) is 3. The van der Waals surface area contributed by atoms with Crippen molar-refractivity contribution >= 4 is 6.09 Å². The molecule has 0 fully saturated rings. The lowest BCUT2D eigenvalue weighted by Gasteiger charge is -2.21. The minimum absolute atomic E-state index is 0.187. The first-order valence-corrected chi connectivity index (χ1v) is 4.85. The number of rotatable bonds is 5. The number of nitrogens with one attached hydrogen (secondary N) is 1. The molecule has 1 amide bonds. The number of carbonyl (C=O) groups excluding carboxylic acids is 1. The van der Waals surface area contributed by atoms with Crippen molar-refractivity contribution in [3.63, 3.8) is 0 Å². The molecule has 0 aliphatic heterocycles. The summed E-state index contributed by atoms with van der Waals surface area (Å²) in [5, 5.41) is 2.68. The number of carbonyl (C=O) groups is 1. The average molecular weight is 219 g/mol. The Morgan fingerprint density at radius 1 is 1.27 bits per heavy atom. The van der Waals surface area contributed by atoms with Gasteiger partial charge in [0.05, 0.1) is 6.61 Å². The topological polar surface area (TPSA) is 56.8 Å². The van der Waals surface area contributed by atoms with Crippen LogP contribution < -0.4 is 5.32 Å². The van der Waals surface area contributed by atoms with E-state index < -0.39 is 6.09 Å². The molecule has 0 aromatic heterocycles. The van der Waals surface area contributed by atoms with Gasteiger partial charge < -0.3 is 19.5 Å². The molecule has 0 spiro atoms. The first-order valence-electron chi connectivity index (χ1n) is 4.85. The van der Waals surface area contributed by atoms with Crippen LogP contribution in [0.1, 0.15) is 20.8 Å². The summed E-state index contributed by atoms with van der Waals surface area (Å²) in [5.74, 6) is 0. The summed E-state index contributed by atoms with van der Waals surface area (Å²) in [6.45, 7) is 6.25. The number of alkyl carbamates (subject to hydrolysis) is 1. The number of hydrogen-bond acceptors (Lipinski definition) is 4. The molecule has 0 unspecified atom stereocenters. The second kappa shape index (κ2) is 6.63. The summed E-state index contributed by atoms with van der Waals surface area (Å²) < 4.78 is 14.9. The molecule has 0 heterocycles. The van der Waals surface area contributed by atoms with Crippen molar-refractivity contribution in [1.29, 1.82) is 0 Å². The van der Waals surface area contributed by atoms with Crippen molar-refractivity contribution in [2.45, 2.75) is 32.4 Å². The summed E-state index contributed by atoms with van der Waals surface area (Å²) in [6.07, 6.45) is -0.665. The van der Waals surface area contributed by atoms with Gasteiger partial charge in [0, 0.05) is 19.8 Å². The van der Waals surface area contributed by atoms with Gasteiger partial charge in [-0.25, -0.2) is 4.79 Å². The zero-order chi connectivity index (χ0) is 11.9. The fourth-order valence-electron chi connectivity index (χ4n) is 0.881. The minimum atomic E-state index is -0.444. The number of methoxy groups -OCH3 is 2. The molecule has 1 N–H and O–H groups in total. The standard InChI is InChI=1S/C10H21NO4/c1-10(2,3)11-9(12)15-7-8(14-5)6-13-4/h8H,6-7H2,1-5H3,(H,11,12)/t8-/m1/s1. The lowest BCUT2D eigenvalue weighted by Crippen LogP contribution is -2.42. The maximum absolute atomic E-state index is 11.3. The van der Waals surface area contributed by atoms with Crippen LogP contribution >= 0.6 is 0 Å². The first kappa shape index (κ1) is 14.2. The molecule has 1 atom stereocenters. The molecule has 5 heteroatoms. The van der Waals surface area contributed by atoms with Crippen molar-refractivity contribution < 1.29 is 19.0 Å². The van der Waals surface area contributed by atoms with Gasteiger partial charge >= 0.3 is 6.09 Å². The van der Waals surface area contributed by atoms with Crippen molar-refractivity contribution in [3.8, 4) is 0 Å². The zero-order valence-electron chi connectivity index (χ0n) is 10.1. The van der Waals surface area contributed by atoms with Crippen LogP contribution in [0.3, 0.4) is 0 Å². The third-order valence-corrected chi connectivity index (χ3v) is 1.56. The largest absolute Gasteiger partial charge is 0.447 e. The summed E-state index contributed by atoms with van der Waals surface area (Å²) in [6, 6.07) is 0. The third-order valence-electron chi connectivity index (χ3n) is 1.56. The Morgan fingerprint density at radius 3 is 2.27 bits per heavy atom. The molecule has 0 saturated carbocycles. The van der Waals surface area contributed by atoms with Crippen LogP contribution in [0.2, 0.25) is 0 Å². The lowest BCUT2D eigenvalue weighted by atomic mass is 10.1. The summed E-state index contributed by atoms with van der Waals surface area (Å²) in [4.78, 5) is 11.3. The Labute approximate surface area is 91.1 Å². The Bertz CT molecular complexity index is 188. The van der Waals surface area contributed by atoms with Crippen LogP contribution in [0.15, 0.2) is 0 Å². The van der Waals surface area contributed by atoms with E-state index >= 15 is 0 Å². The molecule has 0 radical (unpaired) electrons. The third kappa shape index (κ3) is 8.20. The second-order valence-corrected chi connectivity index (χ2v) is 4.29. The summed E-state index contributed by atoms with van der Waals surface area (Å²) in [7, 11) is 3.12. The zero-order valence-corrected chi connectivity index (χ0v) is 10.1. The van der Waals surface area contributed by atoms with Crippen molar-refractivity contribution in [2.24, 2.45) is 0 Å². The van der Waals surface area contributed by atoms with Crippen LogP contribution in [0, 0.1) is 0 Å². The van der Waals surface area contributed by atoms with E-state index in [0.29, 0.717) is 6.61 Å². The Balaban J connectivity index is 3.78. The van der Waals surface area contributed by atoms with E-state index in [0.717, 1.165) is 0 Å². The van der Waals surface area contributed by atoms with Gasteiger partial charge in [-0.05, 0) is 20.8 Å². The van der Waals surface area contributed by atoms with Crippen LogP contribution in [0.4, 0.5) is 4.79 Å². The van der Waals surface area contributed by atoms with Crippen molar-refractivity contribution in [2.75, 3.05) is 27.4 Å². The van der Waals surface area contributed by atoms with E-state index in [2.05, 4.69) is 5.32 Å². The van der Waals surface area contributed by atoms with Crippen molar-refractivity contribution in [1.82, 2.24) is 5.32 Å². The normalized spacial score (nSPS) is 13.4. The Kier molecular flexibility index (Phi) is 6.27. The van der Waals surface area contributed by atoms with E-state index in [1.54, 1.807) is 14.2 Å². The maximum atomic E-state index is 11.3. The van der Waals surface area contributed by atoms with Crippen LogP contribution in [-0.4, -0.2) is 45.2 Å². The quantitative estimate of drug-likeness (QED) is 0.754. The van der Waals surface area contributed by atoms with E-state index in [-0.39, 0.29) is 18.2 Å². The molecule has 90 valence electrons. The molecule has 0 bridgehead atoms. The van der Waals surface area contributed by atoms with E-state index in [4.69, 9.17) is 14.2 Å². The van der Waals surface area contributed by atoms with Gasteiger partial charge in [0.2, 0.25) is 0 Å². The lowest BCUT2D eigenvalue weighted by molar-refractivity contribution is -0.0120. The van der Waals surface area contributed by atoms with Gasteiger partial charge in [-0.15, -0.1) is 0 Å². The molecule has 0 rings (SSSR count). The molecule has 5 nitrogen and oxygen atoms in total. The minimum Gasteiger partial charge on any atom is -0.447 e. The fraction of sp³-hybridized carbons (Fsp3) is 0.900. The van der Waals surface area contributed by atoms with Crippen molar-refractivity contribution in [3.05, 3.63) is 0 Å². The molecular formula is C10H21NO4. The van der Waals surface area contributed by atoms with Crippen LogP contribution in [-0.2, 0) is 14.2 Å². The van der Waals surface area contributed by atoms with Crippen LogP contribution in [0.25, 0.3) is 0 Å². The first-order chi connectivity index (χ1) is 6.89. The van der Waals surface area contributed by atoms with Gasteiger partial charge in [0.1, 0.15) is 12.7 Å². The number of amides is 1. The predicted molar refractivity (Wildman–Crippen MR) is 56.9 cm³/mol. The fourth-order valence-corrected chi connectivity index (χ4v) is 0.881. The van der Waals surface area contributed by atoms with Gasteiger partial charge in [0.15, 0.2) is 0 Å². The van der Waals surface area contributed by atoms with E-state index in [1.165, 1.54) is 0 Å². The highest BCUT2D eigenvalue weighted by atomic mass is 16.6. The van der Waals surface area contributed by atoms with E-state index in [9.17, 15) is 4.79 Å². The van der Waals surface area contributed by atoms with Gasteiger partial charge in [-0.3, -0.25) is 0 Å². The van der Waals surface area contributed by atoms with Crippen LogP contribution in [0.5, 0.6) is 0 Å². The molecule has 0 saturated heterocycles. The predicted octanol–water partition coefficient (Wildman–Crippen LogP) is 1.17. The monoisotopic (exact) mass is 219 g/mol. The number of hydrogen-bond donors (Lipinski definition) is 1. The summed E-state index contributed by atoms with van der Waals surface area (Å²) >= 11 is 0. The highest BCUT2D eigenvalue weighted by molar-refractivity contribution is 5.68. The molecule has 0 aromatic rings. The van der Waals surface area contributed by atoms with E-state index in [1.807, 2.05) is 20.8 Å². The average Bonchev–Trinajstić information content (AvgIpc) is 2.09. The molecule has 15 heavy (non-hydrogen) atoms. The Hall–Kier alpha value is -0.810. The SMILES string of the molecule is COC[C@H](COC(=O)NC(C)(C)C)OC. The molecule has 0 aromatic carbocycles. The highest BCUT2D eigenvalue weighted by Crippen LogP contribution is 2.00. The second-order valence-electron chi connectivity index (χ2n) is 4.29.